The summed E-state index contributed by atoms with van der Waals surface area (Å²) in [5, 5.41) is -0.212. The van der Waals surface area contributed by atoms with E-state index in [1.165, 1.54) is 0 Å². The Morgan fingerprint density at radius 1 is 1.90 bits per heavy atom. The molecule has 0 aliphatic carbocycles. The minimum absolute atomic E-state index is 0.0303. The van der Waals surface area contributed by atoms with Crippen LogP contribution in [0.5, 0.6) is 5.88 Å². The van der Waals surface area contributed by atoms with Gasteiger partial charge in [0.15, 0.2) is 0 Å². The molecule has 0 saturated carbocycles. The second-order valence-corrected chi connectivity index (χ2v) is 2.50. The average molecular weight is 227 g/mol. The highest BCUT2D eigenvalue weighted by Crippen LogP contribution is 2.19. The number of halogens is 2. The molecule has 0 bridgehead atoms. The van der Waals surface area contributed by atoms with Crippen LogP contribution in [0.3, 0.4) is 0 Å². The van der Waals surface area contributed by atoms with Crippen molar-refractivity contribution in [3.05, 3.63) is 21.7 Å². The summed E-state index contributed by atoms with van der Waals surface area (Å²) in [6, 6.07) is -0.597. The Labute approximate surface area is 79.3 Å². The molecule has 0 amide bonds. The third kappa shape index (κ3) is 1.85. The Hall–Kier alpha value is -0.280. The first-order chi connectivity index (χ1) is 6.72. The van der Waals surface area contributed by atoms with Crippen LogP contribution in [0.15, 0.2) is 16.7 Å². The summed E-state index contributed by atoms with van der Waals surface area (Å²) >= 11 is 8.52. The van der Waals surface area contributed by atoms with Crippen molar-refractivity contribution in [1.29, 1.82) is 0 Å². The molecule has 0 unspecified atom stereocenters. The first-order valence-corrected chi connectivity index (χ1v) is 3.40. The van der Waals surface area contributed by atoms with Crippen molar-refractivity contribution < 1.29 is 11.6 Å². The smallest absolute Gasteiger partial charge is 0.215 e. The number of methoxy groups -OCH3 is 1. The quantitative estimate of drug-likeness (QED) is 0.688. The monoisotopic (exact) mass is 226 g/mol. The number of ether oxygens (including phenoxy) is 1. The van der Waals surface area contributed by atoms with Crippen LogP contribution in [0, 0.1) is 0 Å². The van der Waals surface area contributed by atoms with Crippen molar-refractivity contribution in [2.75, 3.05) is 7.04 Å². The molecule has 2 nitrogen and oxygen atoms in total. The minimum atomic E-state index is -2.70. The summed E-state index contributed by atoms with van der Waals surface area (Å²) in [6.07, 6.45) is 0. The third-order valence-corrected chi connectivity index (χ3v) is 1.29. The van der Waals surface area contributed by atoms with E-state index in [2.05, 4.69) is 25.7 Å². The molecule has 1 rings (SSSR count). The van der Waals surface area contributed by atoms with Gasteiger partial charge in [0.25, 0.3) is 0 Å². The number of aromatic nitrogens is 1. The van der Waals surface area contributed by atoms with Gasteiger partial charge >= 0.3 is 0 Å². The fourth-order valence-electron chi connectivity index (χ4n) is 0.409. The van der Waals surface area contributed by atoms with Crippen LogP contribution >= 0.6 is 27.5 Å². The standard InChI is InChI=1S/C6H5BrClNO/c1-10-6-3-4(8)2-5(7)9-6/h2-3H,1H3/i1D3,2D,3D. The summed E-state index contributed by atoms with van der Waals surface area (Å²) in [4.78, 5) is 3.59. The van der Waals surface area contributed by atoms with Gasteiger partial charge in [-0.1, -0.05) is 11.6 Å². The number of nitrogens with zero attached hydrogens (tertiary/aromatic N) is 1. The Kier molecular flexibility index (Phi) is 1.10. The maximum Gasteiger partial charge on any atom is 0.215 e. The van der Waals surface area contributed by atoms with E-state index in [4.69, 9.17) is 18.5 Å². The summed E-state index contributed by atoms with van der Waals surface area (Å²) < 4.78 is 39.8. The zero-order valence-corrected chi connectivity index (χ0v) is 6.95. The molecule has 0 aliphatic heterocycles. The molecule has 0 spiro atoms. The van der Waals surface area contributed by atoms with Gasteiger partial charge in [-0.25, -0.2) is 4.98 Å². The van der Waals surface area contributed by atoms with Crippen molar-refractivity contribution >= 4 is 27.5 Å². The Morgan fingerprint density at radius 3 is 3.40 bits per heavy atom. The van der Waals surface area contributed by atoms with E-state index in [1.54, 1.807) is 0 Å². The van der Waals surface area contributed by atoms with Crippen LogP contribution in [0.4, 0.5) is 0 Å². The van der Waals surface area contributed by atoms with Gasteiger partial charge in [0, 0.05) is 11.1 Å². The molecule has 1 aromatic rings. The van der Waals surface area contributed by atoms with Gasteiger partial charge in [0.05, 0.1) is 13.9 Å². The molecule has 0 atom stereocenters. The average Bonchev–Trinajstić information content (AvgIpc) is 2.08. The fourth-order valence-corrected chi connectivity index (χ4v) is 1.05. The van der Waals surface area contributed by atoms with Crippen LogP contribution < -0.4 is 4.74 Å². The SMILES string of the molecule is [2H]c1c(Br)nc(OC([2H])([2H])[2H])c([2H])c1Cl. The molecule has 54 valence electrons. The van der Waals surface area contributed by atoms with Gasteiger partial charge in [0.2, 0.25) is 5.88 Å². The van der Waals surface area contributed by atoms with E-state index >= 15 is 0 Å². The second-order valence-electron chi connectivity index (χ2n) is 1.37. The van der Waals surface area contributed by atoms with Crippen LogP contribution in [-0.4, -0.2) is 12.0 Å². The lowest BCUT2D eigenvalue weighted by Crippen LogP contribution is -1.86. The topological polar surface area (TPSA) is 22.1 Å². The highest BCUT2D eigenvalue weighted by Gasteiger charge is 1.96. The molecule has 0 N–H and O–H groups in total. The van der Waals surface area contributed by atoms with E-state index in [9.17, 15) is 0 Å². The number of hydrogen-bond acceptors (Lipinski definition) is 2. The van der Waals surface area contributed by atoms with Gasteiger partial charge < -0.3 is 4.74 Å². The fraction of sp³-hybridized carbons (Fsp3) is 0.167. The molecule has 0 aromatic carbocycles. The van der Waals surface area contributed by atoms with E-state index in [1.807, 2.05) is 0 Å². The molecule has 0 radical (unpaired) electrons. The molecular weight excluding hydrogens is 217 g/mol. The molecule has 0 saturated heterocycles. The summed E-state index contributed by atoms with van der Waals surface area (Å²) in [5.41, 5.74) is 0. The predicted octanol–water partition coefficient (Wildman–Crippen LogP) is 2.51. The largest absolute Gasteiger partial charge is 0.481 e. The lowest BCUT2D eigenvalue weighted by molar-refractivity contribution is 0.397. The van der Waals surface area contributed by atoms with E-state index < -0.39 is 19.0 Å². The highest BCUT2D eigenvalue weighted by atomic mass is 79.9. The Balaban J connectivity index is 3.21. The zero-order chi connectivity index (χ0) is 11.8. The van der Waals surface area contributed by atoms with Crippen molar-refractivity contribution in [2.24, 2.45) is 0 Å². The van der Waals surface area contributed by atoms with Gasteiger partial charge in [0.1, 0.15) is 4.60 Å². The zero-order valence-electron chi connectivity index (χ0n) is 9.61. The predicted molar refractivity (Wildman–Crippen MR) is 43.5 cm³/mol. The van der Waals surface area contributed by atoms with E-state index in [-0.39, 0.29) is 15.7 Å². The molecule has 0 fully saturated rings. The molecule has 1 aromatic heterocycles. The van der Waals surface area contributed by atoms with Crippen LogP contribution in [-0.2, 0) is 0 Å². The van der Waals surface area contributed by atoms with Crippen molar-refractivity contribution in [1.82, 2.24) is 4.98 Å². The Bertz CT molecular complexity index is 396. The van der Waals surface area contributed by atoms with Gasteiger partial charge in [-0.3, -0.25) is 0 Å². The maximum absolute atomic E-state index is 7.40. The van der Waals surface area contributed by atoms with E-state index in [0.29, 0.717) is 0 Å². The van der Waals surface area contributed by atoms with Gasteiger partial charge in [-0.15, -0.1) is 0 Å². The maximum atomic E-state index is 7.40. The molecule has 10 heavy (non-hydrogen) atoms. The van der Waals surface area contributed by atoms with Gasteiger partial charge in [-0.2, -0.15) is 0 Å². The molecular formula is C6H5BrClNO. The normalized spacial score (nSPS) is 18.0. The summed E-state index contributed by atoms with van der Waals surface area (Å²) in [7, 11) is -2.70. The van der Waals surface area contributed by atoms with Crippen molar-refractivity contribution in [3.63, 3.8) is 0 Å². The summed E-state index contributed by atoms with van der Waals surface area (Å²) in [5.74, 6) is -0.428. The van der Waals surface area contributed by atoms with Crippen molar-refractivity contribution in [2.45, 2.75) is 0 Å². The van der Waals surface area contributed by atoms with Crippen molar-refractivity contribution in [3.8, 4) is 5.88 Å². The molecule has 4 heteroatoms. The second kappa shape index (κ2) is 3.21. The first kappa shape index (κ1) is 3.41. The summed E-state index contributed by atoms with van der Waals surface area (Å²) in [6.45, 7) is 0. The lowest BCUT2D eigenvalue weighted by Gasteiger charge is -1.98. The van der Waals surface area contributed by atoms with Crippen LogP contribution in [0.1, 0.15) is 6.85 Å². The third-order valence-electron chi connectivity index (χ3n) is 0.726. The van der Waals surface area contributed by atoms with Crippen LogP contribution in [0.25, 0.3) is 0 Å². The van der Waals surface area contributed by atoms with Crippen LogP contribution in [0.2, 0.25) is 5.02 Å². The van der Waals surface area contributed by atoms with E-state index in [0.717, 1.165) is 0 Å². The molecule has 0 aliphatic rings. The number of hydrogen-bond donors (Lipinski definition) is 0. The Morgan fingerprint density at radius 2 is 2.70 bits per heavy atom. The highest BCUT2D eigenvalue weighted by molar-refractivity contribution is 9.10. The number of rotatable bonds is 1. The minimum Gasteiger partial charge on any atom is -0.481 e. The first-order valence-electron chi connectivity index (χ1n) is 4.73. The van der Waals surface area contributed by atoms with Gasteiger partial charge in [-0.05, 0) is 22.0 Å². The molecule has 1 heterocycles. The number of pyridine rings is 1. The lowest BCUT2D eigenvalue weighted by atomic mass is 10.5.